The molecular formula is C16H18ClFN2O. The number of hydrogen-bond donors (Lipinski definition) is 0. The Morgan fingerprint density at radius 3 is 2.38 bits per heavy atom. The molecule has 2 rings (SSSR count). The maximum Gasteiger partial charge on any atom is 0.165 e. The summed E-state index contributed by atoms with van der Waals surface area (Å²) in [7, 11) is 1.43. The maximum atomic E-state index is 13.9. The van der Waals surface area contributed by atoms with E-state index in [1.165, 1.54) is 13.2 Å². The van der Waals surface area contributed by atoms with Gasteiger partial charge in [0, 0.05) is 16.5 Å². The van der Waals surface area contributed by atoms with Crippen molar-refractivity contribution in [2.24, 2.45) is 0 Å². The van der Waals surface area contributed by atoms with Gasteiger partial charge in [-0.1, -0.05) is 32.4 Å². The smallest absolute Gasteiger partial charge is 0.165 e. The fourth-order valence-electron chi connectivity index (χ4n) is 1.92. The van der Waals surface area contributed by atoms with Crippen molar-refractivity contribution >= 4 is 11.6 Å². The second kappa shape index (κ2) is 5.60. The SMILES string of the molecule is COc1ccc(-c2nc(C(C)(C)C)nc(Cl)c2C)cc1F. The Balaban J connectivity index is 2.63. The largest absolute Gasteiger partial charge is 0.494 e. The lowest BCUT2D eigenvalue weighted by atomic mass is 9.95. The predicted molar refractivity (Wildman–Crippen MR) is 82.4 cm³/mol. The zero-order valence-electron chi connectivity index (χ0n) is 12.8. The molecule has 112 valence electrons. The van der Waals surface area contributed by atoms with Gasteiger partial charge in [0.15, 0.2) is 11.6 Å². The first-order valence-corrected chi connectivity index (χ1v) is 7.00. The number of aromatic nitrogens is 2. The zero-order chi connectivity index (χ0) is 15.8. The summed E-state index contributed by atoms with van der Waals surface area (Å²) in [6.45, 7) is 7.84. The first-order valence-electron chi connectivity index (χ1n) is 6.62. The molecule has 0 unspecified atom stereocenters. The van der Waals surface area contributed by atoms with E-state index in [0.717, 1.165) is 5.56 Å². The van der Waals surface area contributed by atoms with Gasteiger partial charge in [-0.25, -0.2) is 14.4 Å². The van der Waals surface area contributed by atoms with Crippen molar-refractivity contribution in [3.8, 4) is 17.0 Å². The van der Waals surface area contributed by atoms with Crippen LogP contribution in [0.4, 0.5) is 4.39 Å². The Kier molecular flexibility index (Phi) is 4.19. The number of rotatable bonds is 2. The summed E-state index contributed by atoms with van der Waals surface area (Å²) < 4.78 is 18.8. The van der Waals surface area contributed by atoms with Gasteiger partial charge in [0.25, 0.3) is 0 Å². The minimum atomic E-state index is -0.429. The Labute approximate surface area is 129 Å². The van der Waals surface area contributed by atoms with E-state index in [1.54, 1.807) is 12.1 Å². The molecule has 0 aliphatic heterocycles. The topological polar surface area (TPSA) is 35.0 Å². The summed E-state index contributed by atoms with van der Waals surface area (Å²) in [5.41, 5.74) is 1.79. The van der Waals surface area contributed by atoms with Crippen LogP contribution < -0.4 is 4.74 Å². The predicted octanol–water partition coefficient (Wildman–Crippen LogP) is 4.55. The van der Waals surface area contributed by atoms with Gasteiger partial charge in [0.1, 0.15) is 11.0 Å². The van der Waals surface area contributed by atoms with E-state index in [1.807, 2.05) is 27.7 Å². The van der Waals surface area contributed by atoms with E-state index in [-0.39, 0.29) is 11.2 Å². The number of methoxy groups -OCH3 is 1. The van der Waals surface area contributed by atoms with Crippen LogP contribution in [0.3, 0.4) is 0 Å². The lowest BCUT2D eigenvalue weighted by Gasteiger charge is -2.19. The van der Waals surface area contributed by atoms with Crippen LogP contribution in [0, 0.1) is 12.7 Å². The molecule has 0 aliphatic rings. The Hall–Kier alpha value is -1.68. The zero-order valence-corrected chi connectivity index (χ0v) is 13.5. The number of ether oxygens (including phenoxy) is 1. The third-order valence-corrected chi connectivity index (χ3v) is 3.55. The average molecular weight is 309 g/mol. The van der Waals surface area contributed by atoms with E-state index in [9.17, 15) is 4.39 Å². The van der Waals surface area contributed by atoms with Crippen LogP contribution in [0.25, 0.3) is 11.3 Å². The molecule has 21 heavy (non-hydrogen) atoms. The fourth-order valence-corrected chi connectivity index (χ4v) is 2.09. The third kappa shape index (κ3) is 3.16. The lowest BCUT2D eigenvalue weighted by molar-refractivity contribution is 0.386. The number of halogens is 2. The fraction of sp³-hybridized carbons (Fsp3) is 0.375. The van der Waals surface area contributed by atoms with Crippen LogP contribution in [0.5, 0.6) is 5.75 Å². The van der Waals surface area contributed by atoms with E-state index >= 15 is 0 Å². The monoisotopic (exact) mass is 308 g/mol. The first-order chi connectivity index (χ1) is 9.74. The molecule has 5 heteroatoms. The number of nitrogens with zero attached hydrogens (tertiary/aromatic N) is 2. The molecule has 0 radical (unpaired) electrons. The quantitative estimate of drug-likeness (QED) is 0.763. The summed E-state index contributed by atoms with van der Waals surface area (Å²) >= 11 is 6.20. The molecule has 0 amide bonds. The van der Waals surface area contributed by atoms with Crippen LogP contribution in [-0.2, 0) is 5.41 Å². The van der Waals surface area contributed by atoms with Crippen molar-refractivity contribution in [2.45, 2.75) is 33.1 Å². The highest BCUT2D eigenvalue weighted by Crippen LogP contribution is 2.31. The second-order valence-corrected chi connectivity index (χ2v) is 6.27. The van der Waals surface area contributed by atoms with Crippen LogP contribution in [0.1, 0.15) is 32.2 Å². The van der Waals surface area contributed by atoms with Gasteiger partial charge < -0.3 is 4.74 Å². The number of hydrogen-bond acceptors (Lipinski definition) is 3. The molecule has 0 spiro atoms. The van der Waals surface area contributed by atoms with Gasteiger partial charge in [-0.05, 0) is 25.1 Å². The van der Waals surface area contributed by atoms with Crippen molar-refractivity contribution in [2.75, 3.05) is 7.11 Å². The van der Waals surface area contributed by atoms with Crippen LogP contribution in [-0.4, -0.2) is 17.1 Å². The summed E-state index contributed by atoms with van der Waals surface area (Å²) in [6, 6.07) is 4.74. The standard InChI is InChI=1S/C16H18ClFN2O/c1-9-13(10-6-7-12(21-5)11(18)8-10)19-15(16(2,3)4)20-14(9)17/h6-8H,1-5H3. The molecule has 1 aromatic carbocycles. The first kappa shape index (κ1) is 15.7. The van der Waals surface area contributed by atoms with Gasteiger partial charge in [-0.2, -0.15) is 0 Å². The highest BCUT2D eigenvalue weighted by molar-refractivity contribution is 6.30. The molecule has 0 N–H and O–H groups in total. The molecule has 1 heterocycles. The van der Waals surface area contributed by atoms with Gasteiger partial charge >= 0.3 is 0 Å². The highest BCUT2D eigenvalue weighted by Gasteiger charge is 2.21. The summed E-state index contributed by atoms with van der Waals surface area (Å²) in [5.74, 6) is 0.401. The van der Waals surface area contributed by atoms with Gasteiger partial charge in [-0.15, -0.1) is 0 Å². The Morgan fingerprint density at radius 1 is 1.19 bits per heavy atom. The molecule has 0 saturated heterocycles. The average Bonchev–Trinajstić information content (AvgIpc) is 2.40. The van der Waals surface area contributed by atoms with E-state index in [2.05, 4.69) is 9.97 Å². The van der Waals surface area contributed by atoms with E-state index in [0.29, 0.717) is 22.2 Å². The van der Waals surface area contributed by atoms with Gasteiger partial charge in [0.05, 0.1) is 12.8 Å². The van der Waals surface area contributed by atoms with Crippen molar-refractivity contribution in [1.29, 1.82) is 0 Å². The van der Waals surface area contributed by atoms with Crippen molar-refractivity contribution in [3.63, 3.8) is 0 Å². The third-order valence-electron chi connectivity index (χ3n) is 3.18. The molecule has 0 saturated carbocycles. The van der Waals surface area contributed by atoms with Crippen molar-refractivity contribution < 1.29 is 9.13 Å². The summed E-state index contributed by atoms with van der Waals surface area (Å²) in [6.07, 6.45) is 0. The van der Waals surface area contributed by atoms with E-state index < -0.39 is 5.82 Å². The minimum Gasteiger partial charge on any atom is -0.494 e. The molecule has 3 nitrogen and oxygen atoms in total. The molecule has 1 aromatic heterocycles. The van der Waals surface area contributed by atoms with Crippen LogP contribution in [0.15, 0.2) is 18.2 Å². The van der Waals surface area contributed by atoms with Crippen LogP contribution in [0.2, 0.25) is 5.15 Å². The van der Waals surface area contributed by atoms with Crippen molar-refractivity contribution in [1.82, 2.24) is 9.97 Å². The molecule has 2 aromatic rings. The van der Waals surface area contributed by atoms with Crippen LogP contribution >= 0.6 is 11.6 Å². The minimum absolute atomic E-state index is 0.201. The molecule has 0 atom stereocenters. The summed E-state index contributed by atoms with van der Waals surface area (Å²) in [5, 5.41) is 0.390. The Bertz CT molecular complexity index is 681. The van der Waals surface area contributed by atoms with Gasteiger partial charge in [-0.3, -0.25) is 0 Å². The maximum absolute atomic E-state index is 13.9. The molecule has 0 fully saturated rings. The number of benzene rings is 1. The molecular weight excluding hydrogens is 291 g/mol. The second-order valence-electron chi connectivity index (χ2n) is 5.91. The Morgan fingerprint density at radius 2 is 1.86 bits per heavy atom. The molecule has 0 bridgehead atoms. The van der Waals surface area contributed by atoms with Gasteiger partial charge in [0.2, 0.25) is 0 Å². The lowest BCUT2D eigenvalue weighted by Crippen LogP contribution is -2.17. The molecule has 0 aliphatic carbocycles. The van der Waals surface area contributed by atoms with Crippen molar-refractivity contribution in [3.05, 3.63) is 40.6 Å². The summed E-state index contributed by atoms with van der Waals surface area (Å²) in [4.78, 5) is 8.89. The highest BCUT2D eigenvalue weighted by atomic mass is 35.5. The van der Waals surface area contributed by atoms with E-state index in [4.69, 9.17) is 16.3 Å². The normalized spacial score (nSPS) is 11.6.